The summed E-state index contributed by atoms with van der Waals surface area (Å²) >= 11 is 1.77. The van der Waals surface area contributed by atoms with Gasteiger partial charge >= 0.3 is 0 Å². The molecule has 1 aliphatic heterocycles. The number of likely N-dealkylation sites (N-methyl/N-ethyl adjacent to an activating group) is 1. The Hall–Kier alpha value is -1.72. The number of hydrogen-bond donors (Lipinski definition) is 0. The minimum Gasteiger partial charge on any atom is -0.339 e. The van der Waals surface area contributed by atoms with Crippen molar-refractivity contribution < 1.29 is 9.18 Å². The molecule has 0 saturated carbocycles. The van der Waals surface area contributed by atoms with E-state index in [4.69, 9.17) is 0 Å². The molecule has 1 amide bonds. The standard InChI is InChI=1S/C20H25FN2OS/c1-22-12-13-23(15-19(22)17-9-3-4-10-18(17)21)20(24)11-5-2-7-16-8-6-14-25-16/h3-4,6,8-10,14,19H,2,5,7,11-13,15H2,1H3. The van der Waals surface area contributed by atoms with E-state index in [1.54, 1.807) is 17.4 Å². The van der Waals surface area contributed by atoms with Gasteiger partial charge in [0.15, 0.2) is 0 Å². The first kappa shape index (κ1) is 18.1. The number of hydrogen-bond acceptors (Lipinski definition) is 3. The van der Waals surface area contributed by atoms with Crippen molar-refractivity contribution >= 4 is 17.2 Å². The van der Waals surface area contributed by atoms with Crippen molar-refractivity contribution in [3.8, 4) is 0 Å². The van der Waals surface area contributed by atoms with Crippen LogP contribution in [0.2, 0.25) is 0 Å². The second kappa shape index (κ2) is 8.59. The molecular weight excluding hydrogens is 335 g/mol. The zero-order valence-electron chi connectivity index (χ0n) is 14.7. The first-order valence-corrected chi connectivity index (χ1v) is 9.78. The molecule has 3 nitrogen and oxygen atoms in total. The number of nitrogens with zero attached hydrogens (tertiary/aromatic N) is 2. The lowest BCUT2D eigenvalue weighted by Crippen LogP contribution is -2.49. The number of carbonyl (C=O) groups is 1. The van der Waals surface area contributed by atoms with E-state index in [0.717, 1.165) is 32.4 Å². The van der Waals surface area contributed by atoms with Gasteiger partial charge in [0.05, 0.1) is 6.04 Å². The molecule has 0 aliphatic carbocycles. The van der Waals surface area contributed by atoms with Crippen LogP contribution in [0, 0.1) is 5.82 Å². The third kappa shape index (κ3) is 4.67. The highest BCUT2D eigenvalue weighted by molar-refractivity contribution is 7.09. The minimum absolute atomic E-state index is 0.0648. The van der Waals surface area contributed by atoms with Crippen LogP contribution in [0.5, 0.6) is 0 Å². The molecule has 1 atom stereocenters. The summed E-state index contributed by atoms with van der Waals surface area (Å²) in [6.07, 6.45) is 3.58. The van der Waals surface area contributed by atoms with E-state index >= 15 is 0 Å². The van der Waals surface area contributed by atoms with Crippen molar-refractivity contribution in [3.05, 3.63) is 58.0 Å². The Morgan fingerprint density at radius 1 is 1.20 bits per heavy atom. The van der Waals surface area contributed by atoms with Gasteiger partial charge in [-0.3, -0.25) is 9.69 Å². The maximum Gasteiger partial charge on any atom is 0.222 e. The molecule has 1 aromatic carbocycles. The molecule has 25 heavy (non-hydrogen) atoms. The molecule has 3 rings (SSSR count). The lowest BCUT2D eigenvalue weighted by molar-refractivity contribution is -0.134. The highest BCUT2D eigenvalue weighted by Crippen LogP contribution is 2.26. The number of carbonyl (C=O) groups excluding carboxylic acids is 1. The first-order chi connectivity index (χ1) is 12.1. The predicted molar refractivity (Wildman–Crippen MR) is 100 cm³/mol. The Kier molecular flexibility index (Phi) is 6.21. The summed E-state index contributed by atoms with van der Waals surface area (Å²) < 4.78 is 14.1. The quantitative estimate of drug-likeness (QED) is 0.724. The van der Waals surface area contributed by atoms with Crippen LogP contribution >= 0.6 is 11.3 Å². The average Bonchev–Trinajstić information content (AvgIpc) is 3.13. The summed E-state index contributed by atoms with van der Waals surface area (Å²) in [5, 5.41) is 2.09. The molecule has 1 saturated heterocycles. The van der Waals surface area contributed by atoms with Gasteiger partial charge in [-0.15, -0.1) is 11.3 Å². The monoisotopic (exact) mass is 360 g/mol. The van der Waals surface area contributed by atoms with Crippen LogP contribution in [0.3, 0.4) is 0 Å². The van der Waals surface area contributed by atoms with Crippen LogP contribution < -0.4 is 0 Å². The molecule has 0 spiro atoms. The van der Waals surface area contributed by atoms with Crippen LogP contribution in [0.25, 0.3) is 0 Å². The fourth-order valence-electron chi connectivity index (χ4n) is 3.37. The third-order valence-corrected chi connectivity index (χ3v) is 5.85. The molecule has 134 valence electrons. The van der Waals surface area contributed by atoms with Crippen molar-refractivity contribution in [1.82, 2.24) is 9.80 Å². The van der Waals surface area contributed by atoms with Crippen LogP contribution in [0.1, 0.15) is 35.7 Å². The van der Waals surface area contributed by atoms with Gasteiger partial charge in [-0.05, 0) is 43.8 Å². The van der Waals surface area contributed by atoms with E-state index in [1.807, 2.05) is 24.1 Å². The largest absolute Gasteiger partial charge is 0.339 e. The third-order valence-electron chi connectivity index (χ3n) is 4.91. The fraction of sp³-hybridized carbons (Fsp3) is 0.450. The lowest BCUT2D eigenvalue weighted by Gasteiger charge is -2.40. The van der Waals surface area contributed by atoms with Gasteiger partial charge in [0.1, 0.15) is 5.82 Å². The molecule has 1 fully saturated rings. The number of halogens is 1. The Morgan fingerprint density at radius 3 is 2.80 bits per heavy atom. The highest BCUT2D eigenvalue weighted by atomic mass is 32.1. The Balaban J connectivity index is 1.52. The summed E-state index contributed by atoms with van der Waals surface area (Å²) in [5.74, 6) is 0.00483. The van der Waals surface area contributed by atoms with Gasteiger partial charge in [-0.2, -0.15) is 0 Å². The maximum absolute atomic E-state index is 14.1. The molecule has 0 radical (unpaired) electrons. The molecule has 1 unspecified atom stereocenters. The van der Waals surface area contributed by atoms with Gasteiger partial charge in [0.25, 0.3) is 0 Å². The van der Waals surface area contributed by atoms with Crippen LogP contribution in [0.4, 0.5) is 4.39 Å². The molecule has 2 heterocycles. The van der Waals surface area contributed by atoms with Crippen molar-refractivity contribution in [2.24, 2.45) is 0 Å². The van der Waals surface area contributed by atoms with E-state index < -0.39 is 0 Å². The number of benzene rings is 1. The number of amides is 1. The normalized spacial score (nSPS) is 18.5. The highest BCUT2D eigenvalue weighted by Gasteiger charge is 2.29. The lowest BCUT2D eigenvalue weighted by atomic mass is 10.0. The molecule has 1 aliphatic rings. The Labute approximate surface area is 153 Å². The Bertz CT molecular complexity index is 689. The van der Waals surface area contributed by atoms with E-state index in [2.05, 4.69) is 22.4 Å². The zero-order valence-corrected chi connectivity index (χ0v) is 15.5. The van der Waals surface area contributed by atoms with E-state index in [1.165, 1.54) is 10.9 Å². The summed E-state index contributed by atoms with van der Waals surface area (Å²) in [4.78, 5) is 18.0. The summed E-state index contributed by atoms with van der Waals surface area (Å²) in [5.41, 5.74) is 0.681. The number of thiophene rings is 1. The minimum atomic E-state index is -0.190. The molecule has 0 N–H and O–H groups in total. The van der Waals surface area contributed by atoms with E-state index in [9.17, 15) is 9.18 Å². The van der Waals surface area contributed by atoms with Gasteiger partial charge in [-0.25, -0.2) is 4.39 Å². The van der Waals surface area contributed by atoms with Gasteiger partial charge in [-0.1, -0.05) is 24.3 Å². The summed E-state index contributed by atoms with van der Waals surface area (Å²) in [6.45, 7) is 2.08. The molecule has 0 bridgehead atoms. The Morgan fingerprint density at radius 2 is 2.04 bits per heavy atom. The first-order valence-electron chi connectivity index (χ1n) is 8.90. The van der Waals surface area contributed by atoms with Gasteiger partial charge < -0.3 is 4.90 Å². The summed E-state index contributed by atoms with van der Waals surface area (Å²) in [7, 11) is 2.00. The molecule has 1 aromatic heterocycles. The number of aryl methyl sites for hydroxylation is 1. The van der Waals surface area contributed by atoms with Crippen molar-refractivity contribution in [2.75, 3.05) is 26.7 Å². The maximum atomic E-state index is 14.1. The van der Waals surface area contributed by atoms with Crippen molar-refractivity contribution in [1.29, 1.82) is 0 Å². The van der Waals surface area contributed by atoms with Crippen LogP contribution in [-0.4, -0.2) is 42.4 Å². The topological polar surface area (TPSA) is 23.6 Å². The summed E-state index contributed by atoms with van der Waals surface area (Å²) in [6, 6.07) is 11.0. The number of rotatable bonds is 6. The number of unbranched alkanes of at least 4 members (excludes halogenated alkanes) is 1. The van der Waals surface area contributed by atoms with Crippen LogP contribution in [0.15, 0.2) is 41.8 Å². The van der Waals surface area contributed by atoms with Gasteiger partial charge in [0.2, 0.25) is 5.91 Å². The van der Waals surface area contributed by atoms with Crippen molar-refractivity contribution in [3.63, 3.8) is 0 Å². The molecular formula is C20H25FN2OS. The van der Waals surface area contributed by atoms with Crippen molar-refractivity contribution in [2.45, 2.75) is 31.7 Å². The van der Waals surface area contributed by atoms with Crippen LogP contribution in [-0.2, 0) is 11.2 Å². The smallest absolute Gasteiger partial charge is 0.222 e. The van der Waals surface area contributed by atoms with E-state index in [-0.39, 0.29) is 17.8 Å². The second-order valence-corrected chi connectivity index (χ2v) is 7.68. The fourth-order valence-corrected chi connectivity index (χ4v) is 4.12. The molecule has 5 heteroatoms. The average molecular weight is 360 g/mol. The van der Waals surface area contributed by atoms with E-state index in [0.29, 0.717) is 18.5 Å². The predicted octanol–water partition coefficient (Wildman–Crippen LogP) is 4.12. The SMILES string of the molecule is CN1CCN(C(=O)CCCCc2cccs2)CC1c1ccccc1F. The molecule has 2 aromatic rings. The zero-order chi connectivity index (χ0) is 17.6. The number of piperazine rings is 1. The van der Waals surface area contributed by atoms with Gasteiger partial charge in [0, 0.05) is 36.5 Å². The second-order valence-electron chi connectivity index (χ2n) is 6.64.